The number of alkyl halides is 3. The molecule has 3 rings (SSSR count). The van der Waals surface area contributed by atoms with Crippen molar-refractivity contribution in [3.05, 3.63) is 72.5 Å². The molecular formula is C17H9BrF3NO5. The van der Waals surface area contributed by atoms with Gasteiger partial charge in [-0.05, 0) is 41.1 Å². The summed E-state index contributed by atoms with van der Waals surface area (Å²) in [5.41, 5.74) is -2.31. The number of hydrogen-bond donors (Lipinski definition) is 0. The zero-order chi connectivity index (χ0) is 19.9. The van der Waals surface area contributed by atoms with E-state index in [1.54, 1.807) is 0 Å². The van der Waals surface area contributed by atoms with Gasteiger partial charge in [0.05, 0.1) is 15.0 Å². The molecule has 27 heavy (non-hydrogen) atoms. The van der Waals surface area contributed by atoms with Crippen LogP contribution >= 0.6 is 15.9 Å². The summed E-state index contributed by atoms with van der Waals surface area (Å²) in [4.78, 5) is 21.8. The molecule has 3 aromatic rings. The van der Waals surface area contributed by atoms with E-state index in [1.807, 2.05) is 0 Å². The summed E-state index contributed by atoms with van der Waals surface area (Å²) in [5.74, 6) is 0.311. The molecule has 0 aliphatic heterocycles. The van der Waals surface area contributed by atoms with Crippen LogP contribution in [0, 0.1) is 17.0 Å². The van der Waals surface area contributed by atoms with Crippen molar-refractivity contribution >= 4 is 32.6 Å². The Morgan fingerprint density at radius 3 is 2.52 bits per heavy atom. The maximum Gasteiger partial charge on any atom is 0.417 e. The number of nitro benzene ring substituents is 1. The van der Waals surface area contributed by atoms with E-state index in [0.717, 1.165) is 12.1 Å². The van der Waals surface area contributed by atoms with Crippen molar-refractivity contribution in [3.8, 4) is 11.5 Å². The molecule has 0 saturated heterocycles. The van der Waals surface area contributed by atoms with Gasteiger partial charge < -0.3 is 9.15 Å². The fourth-order valence-electron chi connectivity index (χ4n) is 2.49. The van der Waals surface area contributed by atoms with Crippen molar-refractivity contribution in [1.29, 1.82) is 0 Å². The largest absolute Gasteiger partial charge is 0.456 e. The number of nitro groups is 1. The van der Waals surface area contributed by atoms with Crippen LogP contribution in [0.2, 0.25) is 0 Å². The van der Waals surface area contributed by atoms with Crippen molar-refractivity contribution in [2.24, 2.45) is 0 Å². The number of benzene rings is 2. The van der Waals surface area contributed by atoms with Gasteiger partial charge in [-0.3, -0.25) is 10.1 Å². The van der Waals surface area contributed by atoms with Crippen molar-refractivity contribution in [3.63, 3.8) is 0 Å². The summed E-state index contributed by atoms with van der Waals surface area (Å²) in [6.07, 6.45) is -4.71. The second kappa shape index (κ2) is 6.69. The van der Waals surface area contributed by atoms with E-state index >= 15 is 0 Å². The van der Waals surface area contributed by atoms with Crippen LogP contribution in [0.3, 0.4) is 0 Å². The second-order valence-corrected chi connectivity index (χ2v) is 6.42. The Balaban J connectivity index is 2.06. The molecule has 0 bridgehead atoms. The molecule has 0 aliphatic rings. The summed E-state index contributed by atoms with van der Waals surface area (Å²) >= 11 is 3.15. The molecular weight excluding hydrogens is 435 g/mol. The Labute approximate surface area is 157 Å². The lowest BCUT2D eigenvalue weighted by atomic mass is 10.1. The first-order valence-corrected chi connectivity index (χ1v) is 8.13. The van der Waals surface area contributed by atoms with Crippen molar-refractivity contribution in [2.75, 3.05) is 0 Å². The number of nitrogens with zero attached hydrogens (tertiary/aromatic N) is 1. The number of rotatable bonds is 3. The Bertz CT molecular complexity index is 1120. The number of halogens is 4. The third-order valence-corrected chi connectivity index (χ3v) is 4.32. The highest BCUT2D eigenvalue weighted by atomic mass is 79.9. The van der Waals surface area contributed by atoms with Gasteiger partial charge >= 0.3 is 11.8 Å². The molecule has 0 saturated carbocycles. The summed E-state index contributed by atoms with van der Waals surface area (Å²) in [6.45, 7) is 1.52. The quantitative estimate of drug-likeness (QED) is 0.299. The van der Waals surface area contributed by atoms with Gasteiger partial charge in [-0.2, -0.15) is 13.2 Å². The van der Waals surface area contributed by atoms with E-state index in [0.29, 0.717) is 11.6 Å². The van der Waals surface area contributed by atoms with Crippen LogP contribution in [0.4, 0.5) is 18.9 Å². The van der Waals surface area contributed by atoms with Crippen LogP contribution in [-0.4, -0.2) is 4.92 Å². The fourth-order valence-corrected chi connectivity index (χ4v) is 2.90. The van der Waals surface area contributed by atoms with Gasteiger partial charge in [0.2, 0.25) is 0 Å². The minimum Gasteiger partial charge on any atom is -0.456 e. The third-order valence-electron chi connectivity index (χ3n) is 3.70. The summed E-state index contributed by atoms with van der Waals surface area (Å²) < 4.78 is 49.9. The van der Waals surface area contributed by atoms with Gasteiger partial charge in [0.15, 0.2) is 0 Å². The van der Waals surface area contributed by atoms with Crippen LogP contribution in [0.5, 0.6) is 11.5 Å². The van der Waals surface area contributed by atoms with E-state index in [4.69, 9.17) is 9.15 Å². The predicted octanol–water partition coefficient (Wildman–Crippen LogP) is 5.58. The van der Waals surface area contributed by atoms with Crippen molar-refractivity contribution in [2.45, 2.75) is 13.1 Å². The highest BCUT2D eigenvalue weighted by molar-refractivity contribution is 9.10. The number of aryl methyl sites for hydroxylation is 1. The van der Waals surface area contributed by atoms with Crippen LogP contribution in [0.15, 0.2) is 50.1 Å². The molecule has 10 heteroatoms. The minimum absolute atomic E-state index is 0.0962. The van der Waals surface area contributed by atoms with Crippen molar-refractivity contribution < 1.29 is 27.2 Å². The molecule has 0 N–H and O–H groups in total. The van der Waals surface area contributed by atoms with Gasteiger partial charge in [0.25, 0.3) is 5.69 Å². The minimum atomic E-state index is -4.71. The van der Waals surface area contributed by atoms with Gasteiger partial charge in [-0.15, -0.1) is 0 Å². The second-order valence-electron chi connectivity index (χ2n) is 5.56. The van der Waals surface area contributed by atoms with Gasteiger partial charge in [0.1, 0.15) is 17.1 Å². The first-order valence-electron chi connectivity index (χ1n) is 7.34. The van der Waals surface area contributed by atoms with Crippen LogP contribution in [0.25, 0.3) is 11.0 Å². The Morgan fingerprint density at radius 2 is 1.89 bits per heavy atom. The molecule has 0 aliphatic carbocycles. The van der Waals surface area contributed by atoms with Crippen LogP contribution < -0.4 is 10.4 Å². The lowest BCUT2D eigenvalue weighted by Gasteiger charge is -2.12. The highest BCUT2D eigenvalue weighted by Gasteiger charge is 2.33. The van der Waals surface area contributed by atoms with E-state index in [1.165, 1.54) is 25.1 Å². The Kier molecular flexibility index (Phi) is 4.68. The van der Waals surface area contributed by atoms with E-state index in [-0.39, 0.29) is 32.6 Å². The molecule has 0 atom stereocenters. The third kappa shape index (κ3) is 3.80. The van der Waals surface area contributed by atoms with Gasteiger partial charge in [-0.1, -0.05) is 0 Å². The molecule has 2 aromatic carbocycles. The standard InChI is InChI=1S/C17H9BrF3NO5/c1-8-4-15(12(18)7-13(8)22(24)25)26-9-2-3-10-11(17(19,20)21)6-16(23)27-14(10)5-9/h2-7H,1H3. The number of ether oxygens (including phenoxy) is 1. The monoisotopic (exact) mass is 443 g/mol. The number of hydrogen-bond acceptors (Lipinski definition) is 5. The molecule has 0 amide bonds. The van der Waals surface area contributed by atoms with Crippen molar-refractivity contribution in [1.82, 2.24) is 0 Å². The summed E-state index contributed by atoms with van der Waals surface area (Å²) in [6, 6.07) is 6.61. The average Bonchev–Trinajstić information content (AvgIpc) is 2.55. The lowest BCUT2D eigenvalue weighted by Crippen LogP contribution is -2.10. The number of fused-ring (bicyclic) bond motifs is 1. The average molecular weight is 444 g/mol. The molecule has 140 valence electrons. The summed E-state index contributed by atoms with van der Waals surface area (Å²) in [7, 11) is 0. The predicted molar refractivity (Wildman–Crippen MR) is 93.1 cm³/mol. The first kappa shape index (κ1) is 18.9. The zero-order valence-electron chi connectivity index (χ0n) is 13.5. The molecule has 0 spiro atoms. The topological polar surface area (TPSA) is 82.6 Å². The maximum atomic E-state index is 13.1. The van der Waals surface area contributed by atoms with Crippen LogP contribution in [0.1, 0.15) is 11.1 Å². The maximum absolute atomic E-state index is 13.1. The lowest BCUT2D eigenvalue weighted by molar-refractivity contribution is -0.385. The fraction of sp³-hybridized carbons (Fsp3) is 0.118. The summed E-state index contributed by atoms with van der Waals surface area (Å²) in [5, 5.41) is 10.7. The van der Waals surface area contributed by atoms with Gasteiger partial charge in [-0.25, -0.2) is 4.79 Å². The molecule has 1 heterocycles. The first-order chi connectivity index (χ1) is 12.6. The zero-order valence-corrected chi connectivity index (χ0v) is 15.1. The van der Waals surface area contributed by atoms with E-state index in [9.17, 15) is 28.1 Å². The molecule has 0 radical (unpaired) electrons. The van der Waals surface area contributed by atoms with Gasteiger partial charge in [0, 0.05) is 29.1 Å². The molecule has 1 aromatic heterocycles. The van der Waals surface area contributed by atoms with E-state index < -0.39 is 22.3 Å². The Hall–Kier alpha value is -2.88. The Morgan fingerprint density at radius 1 is 1.19 bits per heavy atom. The smallest absolute Gasteiger partial charge is 0.417 e. The van der Waals surface area contributed by atoms with E-state index in [2.05, 4.69) is 15.9 Å². The normalized spacial score (nSPS) is 11.6. The molecule has 6 nitrogen and oxygen atoms in total. The SMILES string of the molecule is Cc1cc(Oc2ccc3c(C(F)(F)F)cc(=O)oc3c2)c(Br)cc1[N+](=O)[O-]. The molecule has 0 unspecified atom stereocenters. The van der Waals surface area contributed by atoms with Crippen LogP contribution in [-0.2, 0) is 6.18 Å². The highest BCUT2D eigenvalue weighted by Crippen LogP contribution is 2.38. The molecule has 0 fully saturated rings.